The van der Waals surface area contributed by atoms with Crippen molar-refractivity contribution >= 4 is 46.2 Å². The van der Waals surface area contributed by atoms with Gasteiger partial charge in [-0.15, -0.1) is 0 Å². The summed E-state index contributed by atoms with van der Waals surface area (Å²) in [6, 6.07) is 12.9. The Bertz CT molecular complexity index is 939. The average Bonchev–Trinajstić information content (AvgIpc) is 3.35. The van der Waals surface area contributed by atoms with Crippen LogP contribution in [0.5, 0.6) is 0 Å². The Hall–Kier alpha value is -2.68. The molecule has 1 atom stereocenters. The van der Waals surface area contributed by atoms with Crippen LogP contribution in [0.4, 0.5) is 0 Å². The zero-order valence-electron chi connectivity index (χ0n) is 16.2. The lowest BCUT2D eigenvalue weighted by molar-refractivity contribution is -0.124. The van der Waals surface area contributed by atoms with Crippen LogP contribution in [-0.2, 0) is 16.0 Å². The molecule has 0 saturated carbocycles. The first-order valence-corrected chi connectivity index (χ1v) is 10.7. The maximum Gasteiger partial charge on any atom is 0.266 e. The van der Waals surface area contributed by atoms with Crippen molar-refractivity contribution in [2.75, 3.05) is 13.2 Å². The fraction of sp³-hybridized carbons (Fsp3) is 0.227. The zero-order chi connectivity index (χ0) is 21.3. The predicted molar refractivity (Wildman–Crippen MR) is 122 cm³/mol. The van der Waals surface area contributed by atoms with Crippen LogP contribution in [-0.4, -0.2) is 45.3 Å². The lowest BCUT2D eigenvalue weighted by atomic mass is 10.1. The zero-order valence-corrected chi connectivity index (χ0v) is 17.8. The molecule has 0 spiro atoms. The van der Waals surface area contributed by atoms with Crippen molar-refractivity contribution in [1.82, 2.24) is 10.2 Å². The minimum Gasteiger partial charge on any atom is -0.465 e. The molecule has 30 heavy (non-hydrogen) atoms. The molecule has 1 aromatic carbocycles. The van der Waals surface area contributed by atoms with E-state index in [4.69, 9.17) is 16.6 Å². The summed E-state index contributed by atoms with van der Waals surface area (Å²) in [5.41, 5.74) is 1.03. The molecule has 0 bridgehead atoms. The minimum absolute atomic E-state index is 0.104. The third-order valence-corrected chi connectivity index (χ3v) is 5.79. The highest BCUT2D eigenvalue weighted by molar-refractivity contribution is 8.26. The number of nitrogens with one attached hydrogen (secondary N) is 1. The van der Waals surface area contributed by atoms with Crippen molar-refractivity contribution in [3.63, 3.8) is 0 Å². The molecule has 1 fully saturated rings. The molecule has 1 aromatic heterocycles. The minimum atomic E-state index is -0.377. The molecular formula is C22H22N2O4S2. The van der Waals surface area contributed by atoms with Crippen molar-refractivity contribution < 1.29 is 19.1 Å². The van der Waals surface area contributed by atoms with E-state index in [1.807, 2.05) is 36.4 Å². The smallest absolute Gasteiger partial charge is 0.266 e. The van der Waals surface area contributed by atoms with Crippen molar-refractivity contribution in [3.05, 3.63) is 77.1 Å². The van der Waals surface area contributed by atoms with Crippen molar-refractivity contribution in [3.8, 4) is 0 Å². The number of aliphatic hydroxyl groups excluding tert-OH is 1. The van der Waals surface area contributed by atoms with Gasteiger partial charge in [0.25, 0.3) is 5.91 Å². The summed E-state index contributed by atoms with van der Waals surface area (Å²) in [7, 11) is 0. The Labute approximate surface area is 184 Å². The second kappa shape index (κ2) is 10.9. The summed E-state index contributed by atoms with van der Waals surface area (Å²) >= 11 is 6.49. The van der Waals surface area contributed by atoms with Crippen LogP contribution in [0, 0.1) is 0 Å². The average molecular weight is 443 g/mol. The number of amides is 2. The molecule has 6 nitrogen and oxygen atoms in total. The van der Waals surface area contributed by atoms with Crippen LogP contribution in [0.3, 0.4) is 0 Å². The van der Waals surface area contributed by atoms with Gasteiger partial charge in [0.2, 0.25) is 5.91 Å². The Morgan fingerprint density at radius 1 is 1.27 bits per heavy atom. The van der Waals surface area contributed by atoms with Gasteiger partial charge in [-0.05, 0) is 36.3 Å². The number of carbonyl (C=O) groups excluding carboxylic acids is 2. The van der Waals surface area contributed by atoms with Gasteiger partial charge in [-0.25, -0.2) is 0 Å². The highest BCUT2D eigenvalue weighted by atomic mass is 32.2. The van der Waals surface area contributed by atoms with Gasteiger partial charge in [-0.3, -0.25) is 14.5 Å². The molecule has 2 heterocycles. The molecule has 0 aliphatic carbocycles. The number of aliphatic hydroxyl groups is 1. The third kappa shape index (κ3) is 6.16. The van der Waals surface area contributed by atoms with Gasteiger partial charge >= 0.3 is 0 Å². The first-order chi connectivity index (χ1) is 14.6. The first-order valence-electron chi connectivity index (χ1n) is 9.46. The van der Waals surface area contributed by atoms with E-state index in [2.05, 4.69) is 5.32 Å². The summed E-state index contributed by atoms with van der Waals surface area (Å²) in [5.74, 6) is 0.234. The molecular weight excluding hydrogens is 420 g/mol. The normalized spacial score (nSPS) is 16.6. The van der Waals surface area contributed by atoms with Gasteiger partial charge < -0.3 is 14.8 Å². The predicted octanol–water partition coefficient (Wildman–Crippen LogP) is 3.15. The number of hydrogen-bond donors (Lipinski definition) is 2. The van der Waals surface area contributed by atoms with Crippen molar-refractivity contribution in [1.29, 1.82) is 0 Å². The van der Waals surface area contributed by atoms with Gasteiger partial charge in [0.05, 0.1) is 23.8 Å². The number of rotatable bonds is 9. The first kappa shape index (κ1) is 22.0. The van der Waals surface area contributed by atoms with E-state index in [9.17, 15) is 14.7 Å². The number of thiocarbonyl (C=S) groups is 1. The third-order valence-electron chi connectivity index (χ3n) is 4.40. The van der Waals surface area contributed by atoms with E-state index >= 15 is 0 Å². The number of hydrogen-bond acceptors (Lipinski definition) is 6. The SMILES string of the molecule is O=C(CCN1C(=O)/C(=C/C=C\c2ccco2)SC1=S)N[C@@H](CO)Cc1ccccc1. The second-order valence-electron chi connectivity index (χ2n) is 6.62. The van der Waals surface area contributed by atoms with Crippen molar-refractivity contribution in [2.24, 2.45) is 0 Å². The standard InChI is InChI=1S/C22H22N2O4S2/c25-15-17(14-16-6-2-1-3-7-16)23-20(26)11-12-24-21(27)19(30-22(24)29)10-4-8-18-9-5-13-28-18/h1-10,13,17,25H,11-12,14-15H2,(H,23,26)/b8-4-,19-10-/t17-/m1/s1. The number of thioether (sulfide) groups is 1. The Morgan fingerprint density at radius 3 is 2.77 bits per heavy atom. The molecule has 3 rings (SSSR count). The maximum atomic E-state index is 12.6. The highest BCUT2D eigenvalue weighted by Gasteiger charge is 2.31. The lowest BCUT2D eigenvalue weighted by Crippen LogP contribution is -2.41. The topological polar surface area (TPSA) is 82.8 Å². The summed E-state index contributed by atoms with van der Waals surface area (Å²) < 4.78 is 5.63. The monoisotopic (exact) mass is 442 g/mol. The van der Waals surface area contributed by atoms with Crippen LogP contribution < -0.4 is 5.32 Å². The Morgan fingerprint density at radius 2 is 2.07 bits per heavy atom. The van der Waals surface area contributed by atoms with Gasteiger partial charge in [-0.2, -0.15) is 0 Å². The molecule has 1 saturated heterocycles. The molecule has 2 amide bonds. The van der Waals surface area contributed by atoms with Gasteiger partial charge in [0, 0.05) is 13.0 Å². The fourth-order valence-electron chi connectivity index (χ4n) is 2.90. The number of allylic oxidation sites excluding steroid dienone is 2. The van der Waals surface area contributed by atoms with Crippen LogP contribution >= 0.6 is 24.0 Å². The maximum absolute atomic E-state index is 12.6. The molecule has 0 radical (unpaired) electrons. The number of carbonyl (C=O) groups is 2. The largest absolute Gasteiger partial charge is 0.465 e. The summed E-state index contributed by atoms with van der Waals surface area (Å²) in [5, 5.41) is 12.4. The summed E-state index contributed by atoms with van der Waals surface area (Å²) in [4.78, 5) is 26.8. The lowest BCUT2D eigenvalue weighted by Gasteiger charge is -2.18. The van der Waals surface area contributed by atoms with Crippen LogP contribution in [0.2, 0.25) is 0 Å². The van der Waals surface area contributed by atoms with Crippen LogP contribution in [0.1, 0.15) is 17.7 Å². The van der Waals surface area contributed by atoms with E-state index in [0.717, 1.165) is 5.56 Å². The number of nitrogens with zero attached hydrogens (tertiary/aromatic N) is 1. The highest BCUT2D eigenvalue weighted by Crippen LogP contribution is 2.31. The molecule has 8 heteroatoms. The fourth-order valence-corrected chi connectivity index (χ4v) is 4.16. The summed E-state index contributed by atoms with van der Waals surface area (Å²) in [6.45, 7) is 0.0334. The molecule has 1 aliphatic heterocycles. The number of benzene rings is 1. The summed E-state index contributed by atoms with van der Waals surface area (Å²) in [6.07, 6.45) is 7.38. The van der Waals surface area contributed by atoms with E-state index in [1.165, 1.54) is 16.7 Å². The molecule has 2 N–H and O–H groups in total. The number of furan rings is 1. The van der Waals surface area contributed by atoms with E-state index in [1.54, 1.807) is 30.6 Å². The molecule has 0 unspecified atom stereocenters. The van der Waals surface area contributed by atoms with E-state index in [-0.39, 0.29) is 37.4 Å². The molecule has 2 aromatic rings. The molecule has 156 valence electrons. The molecule has 1 aliphatic rings. The van der Waals surface area contributed by atoms with Gasteiger partial charge in [-0.1, -0.05) is 60.4 Å². The Balaban J connectivity index is 1.50. The van der Waals surface area contributed by atoms with E-state index < -0.39 is 0 Å². The van der Waals surface area contributed by atoms with Gasteiger partial charge in [0.1, 0.15) is 10.1 Å². The Kier molecular flexibility index (Phi) is 8.01. The van der Waals surface area contributed by atoms with Crippen molar-refractivity contribution in [2.45, 2.75) is 18.9 Å². The van der Waals surface area contributed by atoms with E-state index in [0.29, 0.717) is 21.4 Å². The quantitative estimate of drug-likeness (QED) is 0.459. The second-order valence-corrected chi connectivity index (χ2v) is 8.29. The van der Waals surface area contributed by atoms with Crippen LogP contribution in [0.15, 0.2) is 70.2 Å². The van der Waals surface area contributed by atoms with Gasteiger partial charge in [0.15, 0.2) is 0 Å². The van der Waals surface area contributed by atoms with Crippen LogP contribution in [0.25, 0.3) is 6.08 Å².